The first kappa shape index (κ1) is 19.5. The van der Waals surface area contributed by atoms with Crippen molar-refractivity contribution in [3.8, 4) is 11.6 Å². The summed E-state index contributed by atoms with van der Waals surface area (Å²) in [5, 5.41) is 19.3. The van der Waals surface area contributed by atoms with Gasteiger partial charge in [0.1, 0.15) is 11.5 Å². The van der Waals surface area contributed by atoms with Crippen LogP contribution in [0.2, 0.25) is 0 Å². The lowest BCUT2D eigenvalue weighted by atomic mass is 10.2. The Morgan fingerprint density at radius 1 is 1.23 bits per heavy atom. The fourth-order valence-corrected chi connectivity index (χ4v) is 3.00. The smallest absolute Gasteiger partial charge is 0.265 e. The van der Waals surface area contributed by atoms with Crippen molar-refractivity contribution < 1.29 is 13.6 Å². The van der Waals surface area contributed by atoms with E-state index in [2.05, 4.69) is 25.7 Å². The molecule has 4 rings (SSSR count). The van der Waals surface area contributed by atoms with Crippen molar-refractivity contribution in [3.63, 3.8) is 0 Å². The zero-order valence-corrected chi connectivity index (χ0v) is 16.5. The van der Waals surface area contributed by atoms with Gasteiger partial charge in [0, 0.05) is 26.1 Å². The maximum absolute atomic E-state index is 13.0. The number of rotatable bonds is 7. The van der Waals surface area contributed by atoms with E-state index in [1.807, 2.05) is 13.0 Å². The van der Waals surface area contributed by atoms with Gasteiger partial charge < -0.3 is 9.73 Å². The number of hydrogen-bond donors (Lipinski definition) is 1. The Morgan fingerprint density at radius 3 is 2.77 bits per heavy atom. The molecule has 9 nitrogen and oxygen atoms in total. The molecule has 154 valence electrons. The standard InChI is InChI=1S/C20H20FN7O2/c1-13-9-17(27(2)26-13)20-25-24-19(30-20)8-7-18(29)23-16-10-22-28(12-16)11-14-3-5-15(21)6-4-14/h3-6,9-10,12H,7-8,11H2,1-2H3,(H,23,29). The van der Waals surface area contributed by atoms with Crippen LogP contribution in [0.5, 0.6) is 0 Å². The molecule has 0 aliphatic rings. The molecule has 0 fully saturated rings. The van der Waals surface area contributed by atoms with Gasteiger partial charge in [0.25, 0.3) is 5.89 Å². The number of benzene rings is 1. The molecule has 1 N–H and O–H groups in total. The minimum Gasteiger partial charge on any atom is -0.419 e. The summed E-state index contributed by atoms with van der Waals surface area (Å²) in [6.45, 7) is 2.36. The number of hydrogen-bond acceptors (Lipinski definition) is 6. The number of halogens is 1. The lowest BCUT2D eigenvalue weighted by Crippen LogP contribution is -2.12. The molecule has 4 aromatic rings. The second-order valence-corrected chi connectivity index (χ2v) is 6.90. The molecule has 0 bridgehead atoms. The van der Waals surface area contributed by atoms with Gasteiger partial charge in [0.15, 0.2) is 0 Å². The number of carbonyl (C=O) groups is 1. The van der Waals surface area contributed by atoms with Crippen LogP contribution in [0.3, 0.4) is 0 Å². The summed E-state index contributed by atoms with van der Waals surface area (Å²) in [4.78, 5) is 12.2. The van der Waals surface area contributed by atoms with Gasteiger partial charge in [-0.15, -0.1) is 10.2 Å². The van der Waals surface area contributed by atoms with Crippen LogP contribution in [0.4, 0.5) is 10.1 Å². The average molecular weight is 409 g/mol. The van der Waals surface area contributed by atoms with E-state index in [-0.39, 0.29) is 18.1 Å². The van der Waals surface area contributed by atoms with Crippen LogP contribution in [-0.4, -0.2) is 35.7 Å². The molecule has 30 heavy (non-hydrogen) atoms. The largest absolute Gasteiger partial charge is 0.419 e. The van der Waals surface area contributed by atoms with Crippen LogP contribution in [0.25, 0.3) is 11.6 Å². The summed E-state index contributed by atoms with van der Waals surface area (Å²) in [7, 11) is 1.80. The van der Waals surface area contributed by atoms with Gasteiger partial charge in [-0.2, -0.15) is 10.2 Å². The predicted octanol–water partition coefficient (Wildman–Crippen LogP) is 2.73. The van der Waals surface area contributed by atoms with Crippen LogP contribution < -0.4 is 5.32 Å². The predicted molar refractivity (Wildman–Crippen MR) is 106 cm³/mol. The average Bonchev–Trinajstić information content (AvgIpc) is 3.42. The number of anilines is 1. The zero-order chi connectivity index (χ0) is 21.1. The van der Waals surface area contributed by atoms with Crippen LogP contribution in [0.15, 0.2) is 47.1 Å². The van der Waals surface area contributed by atoms with Crippen LogP contribution in [-0.2, 0) is 24.8 Å². The molecule has 0 unspecified atom stereocenters. The highest BCUT2D eigenvalue weighted by Crippen LogP contribution is 2.19. The van der Waals surface area contributed by atoms with Crippen molar-refractivity contribution in [2.75, 3.05) is 5.32 Å². The molecule has 0 atom stereocenters. The number of nitrogens with zero attached hydrogens (tertiary/aromatic N) is 6. The van der Waals surface area contributed by atoms with Crippen molar-refractivity contribution >= 4 is 11.6 Å². The second-order valence-electron chi connectivity index (χ2n) is 6.90. The van der Waals surface area contributed by atoms with Gasteiger partial charge >= 0.3 is 0 Å². The third-order valence-electron chi connectivity index (χ3n) is 4.43. The maximum atomic E-state index is 13.0. The normalized spacial score (nSPS) is 11.0. The van der Waals surface area contributed by atoms with E-state index in [0.717, 1.165) is 17.0 Å². The first-order chi connectivity index (χ1) is 14.5. The number of aromatic nitrogens is 6. The molecule has 0 saturated heterocycles. The van der Waals surface area contributed by atoms with E-state index >= 15 is 0 Å². The molecule has 3 aromatic heterocycles. The van der Waals surface area contributed by atoms with Gasteiger partial charge in [0.2, 0.25) is 11.8 Å². The van der Waals surface area contributed by atoms with E-state index in [9.17, 15) is 9.18 Å². The van der Waals surface area contributed by atoms with Gasteiger partial charge in [-0.3, -0.25) is 14.2 Å². The van der Waals surface area contributed by atoms with Crippen LogP contribution >= 0.6 is 0 Å². The Morgan fingerprint density at radius 2 is 2.03 bits per heavy atom. The number of carbonyl (C=O) groups excluding carboxylic acids is 1. The molecule has 0 radical (unpaired) electrons. The number of aryl methyl sites for hydroxylation is 3. The Kier molecular flexibility index (Phi) is 5.38. The van der Waals surface area contributed by atoms with E-state index in [0.29, 0.717) is 30.4 Å². The van der Waals surface area contributed by atoms with E-state index in [1.165, 1.54) is 12.1 Å². The molecule has 0 aliphatic heterocycles. The molecule has 1 aromatic carbocycles. The van der Waals surface area contributed by atoms with Crippen LogP contribution in [0.1, 0.15) is 23.6 Å². The topological polar surface area (TPSA) is 104 Å². The Bertz CT molecular complexity index is 1160. The minimum atomic E-state index is -0.282. The molecular weight excluding hydrogens is 389 g/mol. The third-order valence-corrected chi connectivity index (χ3v) is 4.43. The molecule has 1 amide bonds. The number of amides is 1. The molecule has 10 heteroatoms. The molecular formula is C20H20FN7O2. The summed E-state index contributed by atoms with van der Waals surface area (Å²) in [5.41, 5.74) is 3.07. The highest BCUT2D eigenvalue weighted by atomic mass is 19.1. The van der Waals surface area contributed by atoms with Gasteiger partial charge in [-0.1, -0.05) is 12.1 Å². The summed E-state index contributed by atoms with van der Waals surface area (Å²) in [5.74, 6) is 0.282. The molecule has 0 spiro atoms. The fraction of sp³-hybridized carbons (Fsp3) is 0.250. The van der Waals surface area contributed by atoms with Gasteiger partial charge in [0.05, 0.1) is 24.1 Å². The van der Waals surface area contributed by atoms with Crippen molar-refractivity contribution in [2.45, 2.75) is 26.3 Å². The first-order valence-corrected chi connectivity index (χ1v) is 9.36. The van der Waals surface area contributed by atoms with E-state index in [1.54, 1.807) is 40.9 Å². The summed E-state index contributed by atoms with van der Waals surface area (Å²) >= 11 is 0. The molecule has 3 heterocycles. The fourth-order valence-electron chi connectivity index (χ4n) is 3.00. The maximum Gasteiger partial charge on any atom is 0.265 e. The quantitative estimate of drug-likeness (QED) is 0.503. The van der Waals surface area contributed by atoms with Gasteiger partial charge in [-0.25, -0.2) is 4.39 Å². The Labute approximate surface area is 171 Å². The lowest BCUT2D eigenvalue weighted by Gasteiger charge is -2.02. The van der Waals surface area contributed by atoms with Crippen molar-refractivity contribution in [1.82, 2.24) is 29.8 Å². The summed E-state index contributed by atoms with van der Waals surface area (Å²) < 4.78 is 22.0. The second kappa shape index (κ2) is 8.27. The van der Waals surface area contributed by atoms with E-state index in [4.69, 9.17) is 4.42 Å². The lowest BCUT2D eigenvalue weighted by molar-refractivity contribution is -0.116. The van der Waals surface area contributed by atoms with E-state index < -0.39 is 0 Å². The van der Waals surface area contributed by atoms with Crippen LogP contribution in [0, 0.1) is 12.7 Å². The first-order valence-electron chi connectivity index (χ1n) is 9.36. The van der Waals surface area contributed by atoms with Crippen molar-refractivity contribution in [2.24, 2.45) is 7.05 Å². The van der Waals surface area contributed by atoms with Crippen molar-refractivity contribution in [3.05, 3.63) is 65.7 Å². The third kappa shape index (κ3) is 4.59. The Hall–Kier alpha value is -3.82. The minimum absolute atomic E-state index is 0.188. The molecule has 0 aliphatic carbocycles. The van der Waals surface area contributed by atoms with Crippen molar-refractivity contribution in [1.29, 1.82) is 0 Å². The zero-order valence-electron chi connectivity index (χ0n) is 16.5. The summed E-state index contributed by atoms with van der Waals surface area (Å²) in [6.07, 6.45) is 3.79. The highest BCUT2D eigenvalue weighted by Gasteiger charge is 2.14. The van der Waals surface area contributed by atoms with Gasteiger partial charge in [-0.05, 0) is 30.7 Å². The molecule has 0 saturated carbocycles. The SMILES string of the molecule is Cc1cc(-c2nnc(CCC(=O)Nc3cnn(Cc4ccc(F)cc4)c3)o2)n(C)n1. The Balaban J connectivity index is 1.30. The summed E-state index contributed by atoms with van der Waals surface area (Å²) in [6, 6.07) is 8.05. The monoisotopic (exact) mass is 409 g/mol. The highest BCUT2D eigenvalue weighted by molar-refractivity contribution is 5.90. The number of nitrogens with one attached hydrogen (secondary N) is 1.